The van der Waals surface area contributed by atoms with Crippen molar-refractivity contribution >= 4 is 11.9 Å². The number of carboxylic acid groups (broad SMARTS) is 1. The molecule has 1 heterocycles. The number of carbonyl (C=O) groups is 2. The quantitative estimate of drug-likeness (QED) is 0.527. The van der Waals surface area contributed by atoms with Crippen LogP contribution in [-0.4, -0.2) is 34.7 Å². The Morgan fingerprint density at radius 2 is 1.88 bits per heavy atom. The first-order valence-electron chi connectivity index (χ1n) is 5.02. The highest BCUT2D eigenvalue weighted by Crippen LogP contribution is 2.10. The van der Waals surface area contributed by atoms with Gasteiger partial charge in [0.15, 0.2) is 0 Å². The summed E-state index contributed by atoms with van der Waals surface area (Å²) in [4.78, 5) is 19.8. The average Bonchev–Trinajstić information content (AvgIpc) is 3.05. The van der Waals surface area contributed by atoms with Crippen LogP contribution >= 0.6 is 0 Å². The zero-order valence-corrected chi connectivity index (χ0v) is 9.09. The Hall–Kier alpha value is -2.08. The van der Waals surface area contributed by atoms with Crippen molar-refractivity contribution in [2.45, 2.75) is 12.5 Å². The summed E-state index contributed by atoms with van der Waals surface area (Å²) in [7, 11) is 0. The topological polar surface area (TPSA) is 123 Å². The molecule has 1 aliphatic rings. The number of benzene rings is 1. The molecule has 1 aromatic rings. The van der Waals surface area contributed by atoms with Gasteiger partial charge >= 0.3 is 5.97 Å². The summed E-state index contributed by atoms with van der Waals surface area (Å²) in [5, 5.41) is 19.9. The minimum atomic E-state index is -1.02. The number of aromatic hydroxyl groups is 1. The normalized spacial score (nSPS) is 14.1. The molecule has 0 radical (unpaired) electrons. The van der Waals surface area contributed by atoms with Gasteiger partial charge in [0.2, 0.25) is 5.91 Å². The Kier molecular flexibility index (Phi) is 4.47. The molecule has 1 saturated heterocycles. The third-order valence-corrected chi connectivity index (χ3v) is 2.03. The van der Waals surface area contributed by atoms with E-state index in [2.05, 4.69) is 5.32 Å². The molecule has 0 unspecified atom stereocenters. The zero-order chi connectivity index (χ0) is 12.8. The fourth-order valence-electron chi connectivity index (χ4n) is 1.01. The van der Waals surface area contributed by atoms with Gasteiger partial charge in [-0.2, -0.15) is 0 Å². The van der Waals surface area contributed by atoms with E-state index < -0.39 is 12.0 Å². The first-order chi connectivity index (χ1) is 7.99. The van der Waals surface area contributed by atoms with Crippen LogP contribution in [0.15, 0.2) is 24.3 Å². The molecule has 0 aliphatic carbocycles. The third-order valence-electron chi connectivity index (χ3n) is 2.03. The molecular weight excluding hydrogens is 224 g/mol. The number of hydrogen-bond donors (Lipinski definition) is 4. The maximum absolute atomic E-state index is 10.4. The number of aliphatic carboxylic acids is 1. The van der Waals surface area contributed by atoms with Gasteiger partial charge in [0.1, 0.15) is 11.8 Å². The van der Waals surface area contributed by atoms with Crippen LogP contribution in [0.2, 0.25) is 0 Å². The Bertz CT molecular complexity index is 396. The Morgan fingerprint density at radius 1 is 1.41 bits per heavy atom. The van der Waals surface area contributed by atoms with Crippen molar-refractivity contribution in [3.8, 4) is 5.75 Å². The second-order valence-corrected chi connectivity index (χ2v) is 3.59. The lowest BCUT2D eigenvalue weighted by Gasteiger charge is -2.05. The lowest BCUT2D eigenvalue weighted by Crippen LogP contribution is -2.32. The SMILES string of the molecule is N[C@@H](Cc1ccc(O)cc1)C(=O)O.O=C1CN1. The summed E-state index contributed by atoms with van der Waals surface area (Å²) in [6, 6.07) is 5.42. The van der Waals surface area contributed by atoms with E-state index in [-0.39, 0.29) is 18.1 Å². The second kappa shape index (κ2) is 5.86. The lowest BCUT2D eigenvalue weighted by molar-refractivity contribution is -0.138. The largest absolute Gasteiger partial charge is 0.508 e. The van der Waals surface area contributed by atoms with E-state index in [4.69, 9.17) is 15.9 Å². The van der Waals surface area contributed by atoms with E-state index in [0.717, 1.165) is 5.56 Å². The fraction of sp³-hybridized carbons (Fsp3) is 0.273. The molecule has 6 nitrogen and oxygen atoms in total. The van der Waals surface area contributed by atoms with Crippen LogP contribution in [0, 0.1) is 0 Å². The molecule has 17 heavy (non-hydrogen) atoms. The monoisotopic (exact) mass is 238 g/mol. The van der Waals surface area contributed by atoms with Gasteiger partial charge in [0.05, 0.1) is 6.54 Å². The van der Waals surface area contributed by atoms with Gasteiger partial charge in [0, 0.05) is 0 Å². The Labute approximate surface area is 98.1 Å². The third kappa shape index (κ3) is 5.53. The molecule has 0 spiro atoms. The van der Waals surface area contributed by atoms with Gasteiger partial charge < -0.3 is 21.3 Å². The van der Waals surface area contributed by atoms with Gasteiger partial charge in [0.25, 0.3) is 0 Å². The Morgan fingerprint density at radius 3 is 2.24 bits per heavy atom. The highest BCUT2D eigenvalue weighted by atomic mass is 16.4. The van der Waals surface area contributed by atoms with Gasteiger partial charge in [-0.3, -0.25) is 9.59 Å². The summed E-state index contributed by atoms with van der Waals surface area (Å²) in [6.07, 6.45) is 0.273. The van der Waals surface area contributed by atoms with Crippen molar-refractivity contribution in [3.05, 3.63) is 29.8 Å². The highest BCUT2D eigenvalue weighted by Gasteiger charge is 2.11. The fourth-order valence-corrected chi connectivity index (χ4v) is 1.01. The van der Waals surface area contributed by atoms with Crippen LogP contribution in [-0.2, 0) is 16.0 Å². The van der Waals surface area contributed by atoms with E-state index in [1.54, 1.807) is 12.1 Å². The van der Waals surface area contributed by atoms with Crippen LogP contribution < -0.4 is 11.1 Å². The second-order valence-electron chi connectivity index (χ2n) is 3.59. The average molecular weight is 238 g/mol. The van der Waals surface area contributed by atoms with Crippen LogP contribution in [0.1, 0.15) is 5.56 Å². The molecule has 0 saturated carbocycles. The Balaban J connectivity index is 0.000000302. The molecule has 1 amide bonds. The predicted octanol–water partition coefficient (Wildman–Crippen LogP) is -0.537. The number of amides is 1. The van der Waals surface area contributed by atoms with E-state index >= 15 is 0 Å². The number of carboxylic acids is 1. The summed E-state index contributed by atoms with van der Waals surface area (Å²) in [5.41, 5.74) is 6.12. The van der Waals surface area contributed by atoms with Crippen LogP contribution in [0.4, 0.5) is 0 Å². The molecule has 5 N–H and O–H groups in total. The number of phenolic OH excluding ortho intramolecular Hbond substituents is 1. The number of phenols is 1. The van der Waals surface area contributed by atoms with E-state index in [1.807, 2.05) is 0 Å². The van der Waals surface area contributed by atoms with Crippen molar-refractivity contribution < 1.29 is 19.8 Å². The van der Waals surface area contributed by atoms with Crippen molar-refractivity contribution in [2.75, 3.05) is 6.54 Å². The number of rotatable bonds is 3. The minimum absolute atomic E-state index is 0.160. The minimum Gasteiger partial charge on any atom is -0.508 e. The van der Waals surface area contributed by atoms with Crippen molar-refractivity contribution in [3.63, 3.8) is 0 Å². The van der Waals surface area contributed by atoms with Gasteiger partial charge in [-0.1, -0.05) is 12.1 Å². The van der Waals surface area contributed by atoms with Gasteiger partial charge in [-0.15, -0.1) is 0 Å². The first kappa shape index (κ1) is 13.0. The number of hydrogen-bond acceptors (Lipinski definition) is 4. The van der Waals surface area contributed by atoms with Gasteiger partial charge in [-0.25, -0.2) is 0 Å². The molecule has 0 aromatic heterocycles. The van der Waals surface area contributed by atoms with E-state index in [1.165, 1.54) is 12.1 Å². The molecule has 6 heteroatoms. The zero-order valence-electron chi connectivity index (χ0n) is 9.09. The molecule has 0 bridgehead atoms. The maximum atomic E-state index is 10.4. The van der Waals surface area contributed by atoms with Crippen LogP contribution in [0.25, 0.3) is 0 Å². The molecule has 1 aromatic carbocycles. The van der Waals surface area contributed by atoms with Crippen molar-refractivity contribution in [1.82, 2.24) is 5.32 Å². The smallest absolute Gasteiger partial charge is 0.320 e. The van der Waals surface area contributed by atoms with E-state index in [9.17, 15) is 9.59 Å². The summed E-state index contributed by atoms with van der Waals surface area (Å²) in [5.74, 6) is -0.694. The summed E-state index contributed by atoms with van der Waals surface area (Å²) < 4.78 is 0. The van der Waals surface area contributed by atoms with Crippen molar-refractivity contribution in [2.24, 2.45) is 5.73 Å². The first-order valence-corrected chi connectivity index (χ1v) is 5.02. The number of nitrogens with two attached hydrogens (primary N) is 1. The standard InChI is InChI=1S/C9H11NO3.C2H3NO/c10-8(9(12)13)5-6-1-3-7(11)4-2-6;4-2-1-3-2/h1-4,8,11H,5,10H2,(H,12,13);1H2,(H,3,4)/t8-;/m0./s1. The molecular formula is C11H14N2O4. The summed E-state index contributed by atoms with van der Waals surface area (Å²) >= 11 is 0. The molecule has 2 rings (SSSR count). The molecule has 1 aliphatic heterocycles. The maximum Gasteiger partial charge on any atom is 0.320 e. The van der Waals surface area contributed by atoms with Crippen LogP contribution in [0.3, 0.4) is 0 Å². The highest BCUT2D eigenvalue weighted by molar-refractivity contribution is 5.91. The van der Waals surface area contributed by atoms with Crippen LogP contribution in [0.5, 0.6) is 5.75 Å². The molecule has 1 atom stereocenters. The number of nitrogens with one attached hydrogen (secondary N) is 1. The van der Waals surface area contributed by atoms with Gasteiger partial charge in [-0.05, 0) is 24.1 Å². The van der Waals surface area contributed by atoms with Crippen molar-refractivity contribution in [1.29, 1.82) is 0 Å². The molecule has 1 fully saturated rings. The van der Waals surface area contributed by atoms with E-state index in [0.29, 0.717) is 6.54 Å². The predicted molar refractivity (Wildman–Crippen MR) is 60.4 cm³/mol. The molecule has 92 valence electrons. The lowest BCUT2D eigenvalue weighted by atomic mass is 10.1. The summed E-state index contributed by atoms with van der Waals surface area (Å²) in [6.45, 7) is 0.597. The number of carbonyl (C=O) groups excluding carboxylic acids is 1.